The number of benzene rings is 2. The maximum atomic E-state index is 12.8. The average molecular weight is 388 g/mol. The Labute approximate surface area is 172 Å². The lowest BCUT2D eigenvalue weighted by Crippen LogP contribution is -2.41. The lowest BCUT2D eigenvalue weighted by Gasteiger charge is -2.29. The van der Waals surface area contributed by atoms with Crippen LogP contribution in [0.5, 0.6) is 0 Å². The Morgan fingerprint density at radius 1 is 1.03 bits per heavy atom. The third-order valence-corrected chi connectivity index (χ3v) is 6.42. The van der Waals surface area contributed by atoms with Gasteiger partial charge in [0.05, 0.1) is 11.1 Å². The highest BCUT2D eigenvalue weighted by molar-refractivity contribution is 6.05. The van der Waals surface area contributed by atoms with Crippen LogP contribution in [-0.2, 0) is 0 Å². The van der Waals surface area contributed by atoms with E-state index < -0.39 is 0 Å². The van der Waals surface area contributed by atoms with Crippen LogP contribution in [0.25, 0.3) is 10.9 Å². The quantitative estimate of drug-likeness (QED) is 0.556. The zero-order chi connectivity index (χ0) is 20.1. The van der Waals surface area contributed by atoms with Crippen LogP contribution < -0.4 is 10.9 Å². The third kappa shape index (κ3) is 4.48. The molecule has 29 heavy (non-hydrogen) atoms. The molecule has 2 unspecified atom stereocenters. The van der Waals surface area contributed by atoms with Crippen molar-refractivity contribution in [2.24, 2.45) is 11.8 Å². The molecular weight excluding hydrogens is 358 g/mol. The van der Waals surface area contributed by atoms with Crippen LogP contribution >= 0.6 is 0 Å². The molecule has 1 saturated carbocycles. The number of para-hydroxylation sites is 1. The second-order valence-electron chi connectivity index (χ2n) is 8.13. The number of hydrogen-bond acceptors (Lipinski definition) is 3. The SMILES string of the molecule is CC(C1CCCC1)C(CNNC(=O)c1ccnc2ccccc12)c1ccccc1. The lowest BCUT2D eigenvalue weighted by atomic mass is 9.78. The van der Waals surface area contributed by atoms with Gasteiger partial charge in [-0.1, -0.05) is 81.1 Å². The van der Waals surface area contributed by atoms with Crippen LogP contribution in [-0.4, -0.2) is 17.4 Å². The van der Waals surface area contributed by atoms with Crippen LogP contribution in [0.1, 0.15) is 54.4 Å². The highest BCUT2D eigenvalue weighted by Crippen LogP contribution is 2.38. The second kappa shape index (κ2) is 9.19. The zero-order valence-electron chi connectivity index (χ0n) is 17.0. The summed E-state index contributed by atoms with van der Waals surface area (Å²) in [6, 6.07) is 20.2. The summed E-state index contributed by atoms with van der Waals surface area (Å²) in [6.07, 6.45) is 7.01. The number of pyridine rings is 1. The molecule has 1 heterocycles. The highest BCUT2D eigenvalue weighted by atomic mass is 16.2. The molecule has 150 valence electrons. The Morgan fingerprint density at radius 2 is 1.76 bits per heavy atom. The molecule has 0 radical (unpaired) electrons. The Kier molecular flexibility index (Phi) is 6.20. The molecule has 2 atom stereocenters. The topological polar surface area (TPSA) is 54.0 Å². The highest BCUT2D eigenvalue weighted by Gasteiger charge is 2.29. The molecule has 1 aliphatic carbocycles. The van der Waals surface area contributed by atoms with Crippen molar-refractivity contribution in [3.8, 4) is 0 Å². The standard InChI is InChI=1S/C25H29N3O/c1-18(19-9-5-6-10-19)23(20-11-3-2-4-12-20)17-27-28-25(29)22-15-16-26-24-14-8-7-13-21(22)24/h2-4,7-8,11-16,18-19,23,27H,5-6,9-10,17H2,1H3,(H,28,29). The molecular formula is C25H29N3O. The number of hydrazine groups is 1. The molecule has 0 spiro atoms. The number of aromatic nitrogens is 1. The molecule has 4 heteroatoms. The van der Waals surface area contributed by atoms with E-state index in [1.807, 2.05) is 24.3 Å². The summed E-state index contributed by atoms with van der Waals surface area (Å²) in [6.45, 7) is 3.09. The Bertz CT molecular complexity index is 945. The fourth-order valence-corrected chi connectivity index (χ4v) is 4.72. The van der Waals surface area contributed by atoms with E-state index in [9.17, 15) is 4.79 Å². The summed E-state index contributed by atoms with van der Waals surface area (Å²) in [7, 11) is 0. The monoisotopic (exact) mass is 387 g/mol. The van der Waals surface area contributed by atoms with E-state index >= 15 is 0 Å². The van der Waals surface area contributed by atoms with Crippen LogP contribution in [0.15, 0.2) is 66.9 Å². The largest absolute Gasteiger partial charge is 0.287 e. The fourth-order valence-electron chi connectivity index (χ4n) is 4.72. The van der Waals surface area contributed by atoms with Gasteiger partial charge in [0, 0.05) is 24.0 Å². The summed E-state index contributed by atoms with van der Waals surface area (Å²) >= 11 is 0. The van der Waals surface area contributed by atoms with E-state index in [0.29, 0.717) is 17.4 Å². The third-order valence-electron chi connectivity index (χ3n) is 6.42. The van der Waals surface area contributed by atoms with Gasteiger partial charge < -0.3 is 0 Å². The van der Waals surface area contributed by atoms with Gasteiger partial charge >= 0.3 is 0 Å². The van der Waals surface area contributed by atoms with Crippen molar-refractivity contribution in [2.45, 2.75) is 38.5 Å². The first-order valence-electron chi connectivity index (χ1n) is 10.7. The van der Waals surface area contributed by atoms with Crippen molar-refractivity contribution in [3.05, 3.63) is 78.0 Å². The normalized spacial score (nSPS) is 16.6. The first-order chi connectivity index (χ1) is 14.2. The molecule has 4 nitrogen and oxygen atoms in total. The zero-order valence-corrected chi connectivity index (χ0v) is 17.0. The molecule has 4 rings (SSSR count). The minimum atomic E-state index is -0.121. The maximum Gasteiger partial charge on any atom is 0.266 e. The molecule has 2 aromatic carbocycles. The Hall–Kier alpha value is -2.72. The van der Waals surface area contributed by atoms with Crippen molar-refractivity contribution in [1.29, 1.82) is 0 Å². The molecule has 1 amide bonds. The summed E-state index contributed by atoms with van der Waals surface area (Å²) in [5, 5.41) is 0.869. The average Bonchev–Trinajstić information content (AvgIpc) is 3.31. The van der Waals surface area contributed by atoms with E-state index in [2.05, 4.69) is 53.1 Å². The van der Waals surface area contributed by atoms with Gasteiger partial charge in [0.2, 0.25) is 0 Å². The number of nitrogens with zero attached hydrogens (tertiary/aromatic N) is 1. The van der Waals surface area contributed by atoms with Gasteiger partial charge in [-0.15, -0.1) is 0 Å². The second-order valence-corrected chi connectivity index (χ2v) is 8.13. The van der Waals surface area contributed by atoms with Crippen molar-refractivity contribution in [3.63, 3.8) is 0 Å². The molecule has 2 N–H and O–H groups in total. The number of fused-ring (bicyclic) bond motifs is 1. The number of nitrogens with one attached hydrogen (secondary N) is 2. The first kappa shape index (κ1) is 19.6. The van der Waals surface area contributed by atoms with Gasteiger partial charge in [-0.3, -0.25) is 15.2 Å². The fraction of sp³-hybridized carbons (Fsp3) is 0.360. The van der Waals surface area contributed by atoms with Crippen LogP contribution in [0.2, 0.25) is 0 Å². The number of rotatable bonds is 7. The van der Waals surface area contributed by atoms with Crippen LogP contribution in [0, 0.1) is 11.8 Å². The first-order valence-corrected chi connectivity index (χ1v) is 10.7. The smallest absolute Gasteiger partial charge is 0.266 e. The van der Waals surface area contributed by atoms with Gasteiger partial charge in [0.1, 0.15) is 0 Å². The van der Waals surface area contributed by atoms with Crippen molar-refractivity contribution in [1.82, 2.24) is 15.8 Å². The molecule has 0 saturated heterocycles. The summed E-state index contributed by atoms with van der Waals surface area (Å²) < 4.78 is 0. The van der Waals surface area contributed by atoms with Crippen molar-refractivity contribution in [2.75, 3.05) is 6.54 Å². The van der Waals surface area contributed by atoms with Crippen molar-refractivity contribution >= 4 is 16.8 Å². The van der Waals surface area contributed by atoms with E-state index in [-0.39, 0.29) is 5.91 Å². The number of carbonyl (C=O) groups is 1. The molecule has 3 aromatic rings. The lowest BCUT2D eigenvalue weighted by molar-refractivity contribution is 0.0931. The summed E-state index contributed by atoms with van der Waals surface area (Å²) in [5.41, 5.74) is 8.96. The molecule has 1 aliphatic rings. The predicted octanol–water partition coefficient (Wildman–Crippen LogP) is 5.08. The van der Waals surface area contributed by atoms with Crippen LogP contribution in [0.4, 0.5) is 0 Å². The van der Waals surface area contributed by atoms with Crippen LogP contribution in [0.3, 0.4) is 0 Å². The molecule has 0 bridgehead atoms. The van der Waals surface area contributed by atoms with E-state index in [4.69, 9.17) is 0 Å². The van der Waals surface area contributed by atoms with Gasteiger partial charge in [-0.25, -0.2) is 5.43 Å². The van der Waals surface area contributed by atoms with Gasteiger partial charge in [0.25, 0.3) is 5.91 Å². The van der Waals surface area contributed by atoms with Gasteiger partial charge in [-0.05, 0) is 29.5 Å². The molecule has 1 fully saturated rings. The summed E-state index contributed by atoms with van der Waals surface area (Å²) in [4.78, 5) is 17.1. The molecule has 0 aliphatic heterocycles. The number of carbonyl (C=O) groups excluding carboxylic acids is 1. The van der Waals surface area contributed by atoms with E-state index in [1.165, 1.54) is 31.2 Å². The molecule has 1 aromatic heterocycles. The number of hydrogen-bond donors (Lipinski definition) is 2. The minimum absolute atomic E-state index is 0.121. The predicted molar refractivity (Wildman–Crippen MR) is 118 cm³/mol. The minimum Gasteiger partial charge on any atom is -0.287 e. The Morgan fingerprint density at radius 3 is 2.55 bits per heavy atom. The Balaban J connectivity index is 1.45. The van der Waals surface area contributed by atoms with Gasteiger partial charge in [-0.2, -0.15) is 0 Å². The summed E-state index contributed by atoms with van der Waals surface area (Å²) in [5.74, 6) is 1.59. The van der Waals surface area contributed by atoms with E-state index in [1.54, 1.807) is 12.3 Å². The van der Waals surface area contributed by atoms with E-state index in [0.717, 1.165) is 23.4 Å². The number of amides is 1. The maximum absolute atomic E-state index is 12.8. The van der Waals surface area contributed by atoms with Crippen molar-refractivity contribution < 1.29 is 4.79 Å². The van der Waals surface area contributed by atoms with Gasteiger partial charge in [0.15, 0.2) is 0 Å².